The zero-order valence-electron chi connectivity index (χ0n) is 6.79. The molecule has 0 bridgehead atoms. The first-order valence-corrected chi connectivity index (χ1v) is 4.14. The average Bonchev–Trinajstić information content (AvgIpc) is 2.36. The average molecular weight is 173 g/mol. The van der Waals surface area contributed by atoms with Crippen LogP contribution in [0.5, 0.6) is 0 Å². The van der Waals surface area contributed by atoms with E-state index in [4.69, 9.17) is 4.74 Å². The molecule has 0 radical (unpaired) electrons. The number of nitrogens with zero attached hydrogens (tertiary/aromatic N) is 1. The Kier molecular flexibility index (Phi) is 2.27. The van der Waals surface area contributed by atoms with Crippen molar-refractivity contribution >= 4 is 11.3 Å². The Morgan fingerprint density at radius 3 is 2.73 bits per heavy atom. The second-order valence-corrected chi connectivity index (χ2v) is 3.50. The normalized spacial score (nSPS) is 16.4. The van der Waals surface area contributed by atoms with E-state index < -0.39 is 5.79 Å². The SMILES string of the molecule is COC(C)(O)c1csc(C)n1. The molecule has 4 heteroatoms. The number of aliphatic hydroxyl groups is 1. The maximum absolute atomic E-state index is 9.53. The molecule has 0 amide bonds. The molecule has 0 saturated carbocycles. The molecule has 1 atom stereocenters. The number of hydrogen-bond donors (Lipinski definition) is 1. The van der Waals surface area contributed by atoms with Gasteiger partial charge in [0.1, 0.15) is 5.69 Å². The van der Waals surface area contributed by atoms with Gasteiger partial charge in [-0.05, 0) is 13.8 Å². The molecule has 0 aliphatic heterocycles. The summed E-state index contributed by atoms with van der Waals surface area (Å²) >= 11 is 1.50. The van der Waals surface area contributed by atoms with Gasteiger partial charge in [0.25, 0.3) is 0 Å². The van der Waals surface area contributed by atoms with Crippen LogP contribution in [-0.4, -0.2) is 17.2 Å². The van der Waals surface area contributed by atoms with Crippen molar-refractivity contribution in [2.45, 2.75) is 19.6 Å². The lowest BCUT2D eigenvalue weighted by atomic mass is 10.2. The summed E-state index contributed by atoms with van der Waals surface area (Å²) in [6.07, 6.45) is 0. The largest absolute Gasteiger partial charge is 0.361 e. The number of aromatic nitrogens is 1. The molecule has 1 rings (SSSR count). The molecule has 1 aromatic heterocycles. The quantitative estimate of drug-likeness (QED) is 0.685. The van der Waals surface area contributed by atoms with E-state index in [0.29, 0.717) is 5.69 Å². The van der Waals surface area contributed by atoms with E-state index in [1.54, 1.807) is 12.3 Å². The Labute approximate surface area is 69.7 Å². The molecule has 3 nitrogen and oxygen atoms in total. The monoisotopic (exact) mass is 173 g/mol. The number of methoxy groups -OCH3 is 1. The van der Waals surface area contributed by atoms with Crippen molar-refractivity contribution in [1.29, 1.82) is 0 Å². The highest BCUT2D eigenvalue weighted by Gasteiger charge is 2.24. The Morgan fingerprint density at radius 2 is 2.36 bits per heavy atom. The lowest BCUT2D eigenvalue weighted by molar-refractivity contribution is -0.181. The zero-order chi connectivity index (χ0) is 8.48. The lowest BCUT2D eigenvalue weighted by Gasteiger charge is -2.18. The molecule has 1 aromatic rings. The van der Waals surface area contributed by atoms with E-state index in [0.717, 1.165) is 5.01 Å². The maximum atomic E-state index is 9.53. The van der Waals surface area contributed by atoms with Crippen LogP contribution < -0.4 is 0 Å². The van der Waals surface area contributed by atoms with Gasteiger partial charge in [0.15, 0.2) is 0 Å². The van der Waals surface area contributed by atoms with E-state index in [1.165, 1.54) is 18.4 Å². The summed E-state index contributed by atoms with van der Waals surface area (Å²) in [4.78, 5) is 4.10. The molecule has 0 spiro atoms. The Hall–Kier alpha value is -0.450. The number of thiazole rings is 1. The van der Waals surface area contributed by atoms with E-state index in [-0.39, 0.29) is 0 Å². The first-order valence-electron chi connectivity index (χ1n) is 3.26. The van der Waals surface area contributed by atoms with Crippen molar-refractivity contribution in [1.82, 2.24) is 4.98 Å². The van der Waals surface area contributed by atoms with Crippen LogP contribution in [0.25, 0.3) is 0 Å². The summed E-state index contributed by atoms with van der Waals surface area (Å²) in [7, 11) is 1.45. The predicted molar refractivity (Wildman–Crippen MR) is 43.4 cm³/mol. The minimum Gasteiger partial charge on any atom is -0.361 e. The van der Waals surface area contributed by atoms with Gasteiger partial charge in [-0.3, -0.25) is 0 Å². The van der Waals surface area contributed by atoms with Crippen molar-refractivity contribution in [2.75, 3.05) is 7.11 Å². The van der Waals surface area contributed by atoms with Crippen molar-refractivity contribution in [3.63, 3.8) is 0 Å². The van der Waals surface area contributed by atoms with Gasteiger partial charge in [-0.15, -0.1) is 11.3 Å². The van der Waals surface area contributed by atoms with Gasteiger partial charge < -0.3 is 9.84 Å². The van der Waals surface area contributed by atoms with Gasteiger partial charge in [-0.25, -0.2) is 4.98 Å². The van der Waals surface area contributed by atoms with Crippen LogP contribution in [0.4, 0.5) is 0 Å². The van der Waals surface area contributed by atoms with Crippen molar-refractivity contribution in [3.05, 3.63) is 16.1 Å². The summed E-state index contributed by atoms with van der Waals surface area (Å²) in [6.45, 7) is 3.46. The van der Waals surface area contributed by atoms with Gasteiger partial charge in [-0.1, -0.05) is 0 Å². The van der Waals surface area contributed by atoms with Crippen LogP contribution >= 0.6 is 11.3 Å². The summed E-state index contributed by atoms with van der Waals surface area (Å²) in [5.74, 6) is -1.25. The first-order chi connectivity index (χ1) is 5.06. The highest BCUT2D eigenvalue weighted by atomic mass is 32.1. The van der Waals surface area contributed by atoms with Crippen molar-refractivity contribution in [2.24, 2.45) is 0 Å². The van der Waals surface area contributed by atoms with Crippen LogP contribution in [0, 0.1) is 6.92 Å². The van der Waals surface area contributed by atoms with Gasteiger partial charge in [-0.2, -0.15) is 0 Å². The van der Waals surface area contributed by atoms with Crippen LogP contribution in [0.15, 0.2) is 5.38 Å². The molecule has 0 aliphatic rings. The Bertz CT molecular complexity index is 244. The van der Waals surface area contributed by atoms with Crippen LogP contribution in [0.2, 0.25) is 0 Å². The summed E-state index contributed by atoms with van der Waals surface area (Å²) < 4.78 is 4.84. The maximum Gasteiger partial charge on any atom is 0.207 e. The van der Waals surface area contributed by atoms with E-state index in [9.17, 15) is 5.11 Å². The molecule has 0 aliphatic carbocycles. The third-order valence-electron chi connectivity index (χ3n) is 1.49. The van der Waals surface area contributed by atoms with Gasteiger partial charge in [0, 0.05) is 12.5 Å². The minimum atomic E-state index is -1.25. The number of rotatable bonds is 2. The second-order valence-electron chi connectivity index (χ2n) is 2.44. The molecular weight excluding hydrogens is 162 g/mol. The fourth-order valence-electron chi connectivity index (χ4n) is 0.681. The third kappa shape index (κ3) is 1.77. The van der Waals surface area contributed by atoms with Crippen LogP contribution in [0.3, 0.4) is 0 Å². The van der Waals surface area contributed by atoms with Crippen molar-refractivity contribution < 1.29 is 9.84 Å². The molecule has 1 heterocycles. The highest BCUT2D eigenvalue weighted by molar-refractivity contribution is 7.09. The summed E-state index contributed by atoms with van der Waals surface area (Å²) in [5.41, 5.74) is 0.572. The molecule has 0 saturated heterocycles. The highest BCUT2D eigenvalue weighted by Crippen LogP contribution is 2.22. The zero-order valence-corrected chi connectivity index (χ0v) is 7.60. The number of hydrogen-bond acceptors (Lipinski definition) is 4. The summed E-state index contributed by atoms with van der Waals surface area (Å²) in [6, 6.07) is 0. The number of aryl methyl sites for hydroxylation is 1. The molecule has 62 valence electrons. The van der Waals surface area contributed by atoms with Crippen LogP contribution in [0.1, 0.15) is 17.6 Å². The van der Waals surface area contributed by atoms with Gasteiger partial charge in [0.05, 0.1) is 5.01 Å². The van der Waals surface area contributed by atoms with Gasteiger partial charge >= 0.3 is 0 Å². The minimum absolute atomic E-state index is 0.572. The molecule has 11 heavy (non-hydrogen) atoms. The Balaban J connectivity index is 2.92. The standard InChI is InChI=1S/C7H11NO2S/c1-5-8-6(4-11-5)7(2,9)10-3/h4,9H,1-3H3. The van der Waals surface area contributed by atoms with Crippen molar-refractivity contribution in [3.8, 4) is 0 Å². The molecule has 1 N–H and O–H groups in total. The number of ether oxygens (including phenoxy) is 1. The molecule has 1 unspecified atom stereocenters. The van der Waals surface area contributed by atoms with E-state index in [1.807, 2.05) is 6.92 Å². The third-order valence-corrected chi connectivity index (χ3v) is 2.27. The predicted octanol–water partition coefficient (Wildman–Crippen LogP) is 1.26. The lowest BCUT2D eigenvalue weighted by Crippen LogP contribution is -2.23. The first kappa shape index (κ1) is 8.64. The smallest absolute Gasteiger partial charge is 0.207 e. The molecule has 0 aromatic carbocycles. The topological polar surface area (TPSA) is 42.4 Å². The Morgan fingerprint density at radius 1 is 1.73 bits per heavy atom. The molecule has 0 fully saturated rings. The van der Waals surface area contributed by atoms with Gasteiger partial charge in [0.2, 0.25) is 5.79 Å². The van der Waals surface area contributed by atoms with E-state index in [2.05, 4.69) is 4.98 Å². The fraction of sp³-hybridized carbons (Fsp3) is 0.571. The molecular formula is C7H11NO2S. The van der Waals surface area contributed by atoms with E-state index >= 15 is 0 Å². The summed E-state index contributed by atoms with van der Waals surface area (Å²) in [5, 5.41) is 12.2. The second kappa shape index (κ2) is 2.89. The van der Waals surface area contributed by atoms with Crippen LogP contribution in [-0.2, 0) is 10.5 Å². The fourth-order valence-corrected chi connectivity index (χ4v) is 1.39.